The predicted molar refractivity (Wildman–Crippen MR) is 62.4 cm³/mol. The second kappa shape index (κ2) is 5.59. The summed E-state index contributed by atoms with van der Waals surface area (Å²) in [7, 11) is 0. The molecule has 0 aliphatic heterocycles. The minimum Gasteiger partial charge on any atom is -0.194 e. The highest BCUT2D eigenvalue weighted by Gasteiger charge is 2.28. The van der Waals surface area contributed by atoms with Gasteiger partial charge >= 0.3 is 4.83 Å². The van der Waals surface area contributed by atoms with E-state index in [0.29, 0.717) is 0 Å². The van der Waals surface area contributed by atoms with Gasteiger partial charge in [-0.05, 0) is 48.0 Å². The summed E-state index contributed by atoms with van der Waals surface area (Å²) < 4.78 is 25.2. The van der Waals surface area contributed by atoms with Crippen molar-refractivity contribution in [1.29, 1.82) is 0 Å². The van der Waals surface area contributed by atoms with Crippen molar-refractivity contribution in [3.05, 3.63) is 11.6 Å². The Morgan fingerprint density at radius 2 is 2.14 bits per heavy atom. The van der Waals surface area contributed by atoms with E-state index < -0.39 is 4.83 Å². The Labute approximate surface area is 100 Å². The summed E-state index contributed by atoms with van der Waals surface area (Å²) in [5, 5.41) is 0. The highest BCUT2D eigenvalue weighted by atomic mass is 79.9. The summed E-state index contributed by atoms with van der Waals surface area (Å²) in [5.74, 6) is 0. The number of allylic oxidation sites excluding steroid dienone is 2. The van der Waals surface area contributed by atoms with Crippen LogP contribution < -0.4 is 0 Å². The first-order chi connectivity index (χ1) is 6.47. The molecule has 1 rings (SSSR count). The Bertz CT molecular complexity index is 209. The van der Waals surface area contributed by atoms with Crippen molar-refractivity contribution in [1.82, 2.24) is 0 Å². The Kier molecular flexibility index (Phi) is 5.04. The predicted octanol–water partition coefficient (Wildman–Crippen LogP) is 5.02. The van der Waals surface area contributed by atoms with Crippen molar-refractivity contribution in [2.24, 2.45) is 0 Å². The summed E-state index contributed by atoms with van der Waals surface area (Å²) in [6.45, 7) is 0. The van der Waals surface area contributed by atoms with E-state index in [2.05, 4.69) is 37.9 Å². The smallest absolute Gasteiger partial charge is 0.194 e. The molecule has 0 aromatic carbocycles. The van der Waals surface area contributed by atoms with Gasteiger partial charge in [0.05, 0.1) is 0 Å². The number of halogens is 4. The molecular weight excluding hydrogens is 318 g/mol. The van der Waals surface area contributed by atoms with Crippen LogP contribution in [-0.4, -0.2) is 9.66 Å². The van der Waals surface area contributed by atoms with Gasteiger partial charge in [0, 0.05) is 11.2 Å². The van der Waals surface area contributed by atoms with Gasteiger partial charge in [0.15, 0.2) is 0 Å². The van der Waals surface area contributed by atoms with Crippen LogP contribution in [0.15, 0.2) is 11.6 Å². The standard InChI is InChI=1S/C10H14Br2F2/c11-9(7-10(12,13)14)6-8-4-2-1-3-5-8/h4,9H,1-3,5-7H2. The lowest BCUT2D eigenvalue weighted by molar-refractivity contribution is 0.104. The van der Waals surface area contributed by atoms with Crippen LogP contribution in [0.4, 0.5) is 8.78 Å². The van der Waals surface area contributed by atoms with E-state index in [-0.39, 0.29) is 11.2 Å². The van der Waals surface area contributed by atoms with Gasteiger partial charge < -0.3 is 0 Å². The maximum Gasteiger partial charge on any atom is 0.302 e. The molecule has 0 N–H and O–H groups in total. The second-order valence-electron chi connectivity index (χ2n) is 3.73. The van der Waals surface area contributed by atoms with Crippen LogP contribution >= 0.6 is 31.9 Å². The molecule has 1 aliphatic carbocycles. The van der Waals surface area contributed by atoms with E-state index >= 15 is 0 Å². The zero-order valence-corrected chi connectivity index (χ0v) is 11.1. The van der Waals surface area contributed by atoms with Crippen LogP contribution in [0.2, 0.25) is 0 Å². The average molecular weight is 332 g/mol. The van der Waals surface area contributed by atoms with Crippen molar-refractivity contribution in [3.63, 3.8) is 0 Å². The summed E-state index contributed by atoms with van der Waals surface area (Å²) >= 11 is 5.66. The number of rotatable bonds is 4. The molecule has 0 aromatic heterocycles. The molecule has 1 atom stereocenters. The molecule has 0 heterocycles. The Morgan fingerprint density at radius 3 is 2.64 bits per heavy atom. The summed E-state index contributed by atoms with van der Waals surface area (Å²) in [4.78, 5) is -2.86. The minimum atomic E-state index is -2.74. The fourth-order valence-electron chi connectivity index (χ4n) is 1.70. The van der Waals surface area contributed by atoms with Crippen LogP contribution in [0.1, 0.15) is 38.5 Å². The molecule has 0 amide bonds. The summed E-state index contributed by atoms with van der Waals surface area (Å²) in [6.07, 6.45) is 7.44. The van der Waals surface area contributed by atoms with Crippen LogP contribution in [0.5, 0.6) is 0 Å². The van der Waals surface area contributed by atoms with Gasteiger partial charge in [-0.15, -0.1) is 0 Å². The molecule has 0 aromatic rings. The van der Waals surface area contributed by atoms with E-state index in [1.807, 2.05) is 0 Å². The third-order valence-corrected chi connectivity index (χ3v) is 3.29. The van der Waals surface area contributed by atoms with Gasteiger partial charge in [0.2, 0.25) is 0 Å². The first-order valence-electron chi connectivity index (χ1n) is 4.86. The Morgan fingerprint density at radius 1 is 1.43 bits per heavy atom. The molecule has 14 heavy (non-hydrogen) atoms. The number of hydrogen-bond donors (Lipinski definition) is 0. The SMILES string of the molecule is FC(F)(Br)CC(Br)CC1=CCCCC1. The monoisotopic (exact) mass is 330 g/mol. The highest BCUT2D eigenvalue weighted by Crippen LogP contribution is 2.33. The molecule has 0 saturated heterocycles. The second-order valence-corrected chi connectivity index (χ2v) is 6.18. The van der Waals surface area contributed by atoms with Gasteiger partial charge in [0.25, 0.3) is 0 Å². The molecule has 0 saturated carbocycles. The molecule has 0 spiro atoms. The van der Waals surface area contributed by atoms with E-state index in [9.17, 15) is 8.78 Å². The molecular formula is C10H14Br2F2. The van der Waals surface area contributed by atoms with E-state index in [4.69, 9.17) is 0 Å². The van der Waals surface area contributed by atoms with Gasteiger partial charge in [-0.2, -0.15) is 8.78 Å². The van der Waals surface area contributed by atoms with E-state index in [0.717, 1.165) is 19.3 Å². The minimum absolute atomic E-state index is 0.124. The third-order valence-electron chi connectivity index (χ3n) is 2.32. The quantitative estimate of drug-likeness (QED) is 0.501. The lowest BCUT2D eigenvalue weighted by atomic mass is 9.95. The van der Waals surface area contributed by atoms with Crippen LogP contribution in [0.25, 0.3) is 0 Å². The van der Waals surface area contributed by atoms with E-state index in [1.54, 1.807) is 0 Å². The van der Waals surface area contributed by atoms with Gasteiger partial charge in [-0.3, -0.25) is 0 Å². The molecule has 82 valence electrons. The van der Waals surface area contributed by atoms with Crippen molar-refractivity contribution < 1.29 is 8.78 Å². The zero-order valence-electron chi connectivity index (χ0n) is 7.91. The molecule has 0 radical (unpaired) electrons. The van der Waals surface area contributed by atoms with Gasteiger partial charge in [0.1, 0.15) is 0 Å². The zero-order chi connectivity index (χ0) is 10.6. The Hall–Kier alpha value is 0.560. The van der Waals surface area contributed by atoms with Gasteiger partial charge in [-0.1, -0.05) is 27.6 Å². The van der Waals surface area contributed by atoms with Crippen molar-refractivity contribution in [2.75, 3.05) is 0 Å². The lowest BCUT2D eigenvalue weighted by Crippen LogP contribution is -2.14. The molecule has 0 nitrogen and oxygen atoms in total. The third kappa shape index (κ3) is 5.44. The van der Waals surface area contributed by atoms with Crippen LogP contribution in [0.3, 0.4) is 0 Å². The first kappa shape index (κ1) is 12.6. The maximum absolute atomic E-state index is 12.6. The average Bonchev–Trinajstić information content (AvgIpc) is 2.02. The molecule has 4 heteroatoms. The molecule has 0 fully saturated rings. The summed E-state index contributed by atoms with van der Waals surface area (Å²) in [6, 6.07) is 0. The largest absolute Gasteiger partial charge is 0.302 e. The van der Waals surface area contributed by atoms with Crippen molar-refractivity contribution >= 4 is 31.9 Å². The Balaban J connectivity index is 2.32. The van der Waals surface area contributed by atoms with Crippen molar-refractivity contribution in [3.8, 4) is 0 Å². The first-order valence-corrected chi connectivity index (χ1v) is 6.57. The van der Waals surface area contributed by atoms with Crippen LogP contribution in [0, 0.1) is 0 Å². The lowest BCUT2D eigenvalue weighted by Gasteiger charge is -2.18. The number of alkyl halides is 4. The maximum atomic E-state index is 12.6. The summed E-state index contributed by atoms with van der Waals surface area (Å²) in [5.41, 5.74) is 1.33. The molecule has 1 aliphatic rings. The number of hydrogen-bond acceptors (Lipinski definition) is 0. The topological polar surface area (TPSA) is 0 Å². The van der Waals surface area contributed by atoms with Crippen LogP contribution in [-0.2, 0) is 0 Å². The van der Waals surface area contributed by atoms with Crippen molar-refractivity contribution in [2.45, 2.75) is 48.2 Å². The van der Waals surface area contributed by atoms with E-state index in [1.165, 1.54) is 18.4 Å². The highest BCUT2D eigenvalue weighted by molar-refractivity contribution is 9.10. The normalized spacial score (nSPS) is 20.4. The fraction of sp³-hybridized carbons (Fsp3) is 0.800. The molecule has 1 unspecified atom stereocenters. The van der Waals surface area contributed by atoms with Gasteiger partial charge in [-0.25, -0.2) is 0 Å². The molecule has 0 bridgehead atoms. The fourth-order valence-corrected chi connectivity index (χ4v) is 3.35.